The number of aliphatic carboxylic acids is 1. The lowest BCUT2D eigenvalue weighted by molar-refractivity contribution is -0.159. The van der Waals surface area contributed by atoms with E-state index in [2.05, 4.69) is 10.1 Å². The van der Waals surface area contributed by atoms with Gasteiger partial charge in [0.2, 0.25) is 11.8 Å². The second-order valence-corrected chi connectivity index (χ2v) is 5.25. The minimum Gasteiger partial charge on any atom is -0.479 e. The highest BCUT2D eigenvalue weighted by Gasteiger charge is 2.28. The third-order valence-corrected chi connectivity index (χ3v) is 3.46. The van der Waals surface area contributed by atoms with Gasteiger partial charge in [0.1, 0.15) is 0 Å². The van der Waals surface area contributed by atoms with Crippen molar-refractivity contribution < 1.29 is 24.0 Å². The first-order chi connectivity index (χ1) is 10.6. The van der Waals surface area contributed by atoms with Crippen LogP contribution in [0.2, 0.25) is 0 Å². The Kier molecular flexibility index (Phi) is 5.88. The fourth-order valence-electron chi connectivity index (χ4n) is 2.29. The first-order valence-corrected chi connectivity index (χ1v) is 7.53. The average Bonchev–Trinajstić information content (AvgIpc) is 2.95. The van der Waals surface area contributed by atoms with Crippen molar-refractivity contribution in [3.8, 4) is 0 Å². The van der Waals surface area contributed by atoms with Crippen molar-refractivity contribution in [3.05, 3.63) is 11.7 Å². The number of carbonyl (C=O) groups is 2. The normalized spacial score (nSPS) is 18.4. The number of rotatable bonds is 7. The molecule has 1 N–H and O–H groups in total. The third-order valence-electron chi connectivity index (χ3n) is 3.46. The molecular formula is C14H21N3O5. The number of carboxylic acids is 1. The molecule has 0 unspecified atom stereocenters. The number of aryl methyl sites for hydroxylation is 2. The SMILES string of the molecule is CCCc1noc(CCCC(=O)N2CCO[C@H](C(=O)O)C2)n1. The highest BCUT2D eigenvalue weighted by atomic mass is 16.5. The smallest absolute Gasteiger partial charge is 0.334 e. The third kappa shape index (κ3) is 4.52. The number of morpholine rings is 1. The number of carbonyl (C=O) groups excluding carboxylic acids is 1. The van der Waals surface area contributed by atoms with Gasteiger partial charge in [-0.3, -0.25) is 4.79 Å². The molecule has 1 amide bonds. The zero-order valence-corrected chi connectivity index (χ0v) is 12.7. The second kappa shape index (κ2) is 7.88. The Hall–Kier alpha value is -1.96. The number of aromatic nitrogens is 2. The lowest BCUT2D eigenvalue weighted by Crippen LogP contribution is -2.48. The molecule has 1 atom stereocenters. The topological polar surface area (TPSA) is 106 Å². The second-order valence-electron chi connectivity index (χ2n) is 5.25. The van der Waals surface area contributed by atoms with Crippen LogP contribution in [0.5, 0.6) is 0 Å². The summed E-state index contributed by atoms with van der Waals surface area (Å²) in [7, 11) is 0. The molecule has 22 heavy (non-hydrogen) atoms. The van der Waals surface area contributed by atoms with E-state index in [-0.39, 0.29) is 19.1 Å². The van der Waals surface area contributed by atoms with E-state index in [4.69, 9.17) is 14.4 Å². The Morgan fingerprint density at radius 3 is 2.95 bits per heavy atom. The van der Waals surface area contributed by atoms with Crippen molar-refractivity contribution in [1.82, 2.24) is 15.0 Å². The van der Waals surface area contributed by atoms with E-state index in [0.717, 1.165) is 12.8 Å². The quantitative estimate of drug-likeness (QED) is 0.788. The van der Waals surface area contributed by atoms with Crippen LogP contribution in [-0.4, -0.2) is 57.8 Å². The van der Waals surface area contributed by atoms with Gasteiger partial charge in [-0.25, -0.2) is 4.79 Å². The Morgan fingerprint density at radius 1 is 1.41 bits per heavy atom. The molecule has 1 fully saturated rings. The van der Waals surface area contributed by atoms with Crippen molar-refractivity contribution in [2.75, 3.05) is 19.7 Å². The maximum atomic E-state index is 12.1. The van der Waals surface area contributed by atoms with E-state index in [0.29, 0.717) is 37.5 Å². The number of carboxylic acid groups (broad SMARTS) is 1. The molecule has 2 heterocycles. The summed E-state index contributed by atoms with van der Waals surface area (Å²) < 4.78 is 10.2. The highest BCUT2D eigenvalue weighted by molar-refractivity contribution is 5.78. The summed E-state index contributed by atoms with van der Waals surface area (Å²) in [4.78, 5) is 28.7. The van der Waals surface area contributed by atoms with Crippen molar-refractivity contribution in [1.29, 1.82) is 0 Å². The van der Waals surface area contributed by atoms with E-state index >= 15 is 0 Å². The standard InChI is InChI=1S/C14H21N3O5/c1-2-4-11-15-12(22-16-11)5-3-6-13(18)17-7-8-21-10(9-17)14(19)20/h10H,2-9H2,1H3,(H,19,20)/t10-/m0/s1. The Morgan fingerprint density at radius 2 is 2.23 bits per heavy atom. The van der Waals surface area contributed by atoms with Crippen LogP contribution in [-0.2, 0) is 27.2 Å². The van der Waals surface area contributed by atoms with E-state index in [1.165, 1.54) is 0 Å². The summed E-state index contributed by atoms with van der Waals surface area (Å²) in [5, 5.41) is 12.8. The van der Waals surface area contributed by atoms with Crippen LogP contribution >= 0.6 is 0 Å². The van der Waals surface area contributed by atoms with Gasteiger partial charge in [-0.15, -0.1) is 0 Å². The number of ether oxygens (including phenoxy) is 1. The monoisotopic (exact) mass is 311 g/mol. The molecule has 8 nitrogen and oxygen atoms in total. The van der Waals surface area contributed by atoms with Crippen molar-refractivity contribution in [2.45, 2.75) is 45.1 Å². The number of nitrogens with zero attached hydrogens (tertiary/aromatic N) is 3. The first kappa shape index (κ1) is 16.4. The summed E-state index contributed by atoms with van der Waals surface area (Å²) >= 11 is 0. The van der Waals surface area contributed by atoms with Crippen LogP contribution in [0.3, 0.4) is 0 Å². The lowest BCUT2D eigenvalue weighted by Gasteiger charge is -2.30. The first-order valence-electron chi connectivity index (χ1n) is 7.53. The van der Waals surface area contributed by atoms with Gasteiger partial charge >= 0.3 is 5.97 Å². The van der Waals surface area contributed by atoms with Gasteiger partial charge in [0.15, 0.2) is 11.9 Å². The van der Waals surface area contributed by atoms with Crippen LogP contribution in [0.4, 0.5) is 0 Å². The summed E-state index contributed by atoms with van der Waals surface area (Å²) in [5.74, 6) is 0.137. The molecular weight excluding hydrogens is 290 g/mol. The average molecular weight is 311 g/mol. The zero-order chi connectivity index (χ0) is 15.9. The summed E-state index contributed by atoms with van der Waals surface area (Å²) in [6.07, 6.45) is 2.30. The molecule has 0 radical (unpaired) electrons. The fourth-order valence-corrected chi connectivity index (χ4v) is 2.29. The number of hydrogen-bond donors (Lipinski definition) is 1. The van der Waals surface area contributed by atoms with Gasteiger partial charge in [0.05, 0.1) is 13.2 Å². The Bertz CT molecular complexity index is 516. The molecule has 1 aromatic heterocycles. The summed E-state index contributed by atoms with van der Waals surface area (Å²) in [6, 6.07) is 0. The van der Waals surface area contributed by atoms with Crippen molar-refractivity contribution >= 4 is 11.9 Å². The van der Waals surface area contributed by atoms with E-state index in [9.17, 15) is 9.59 Å². The van der Waals surface area contributed by atoms with Crippen LogP contribution in [0.25, 0.3) is 0 Å². The van der Waals surface area contributed by atoms with Gasteiger partial charge < -0.3 is 19.3 Å². The molecule has 0 aromatic carbocycles. The van der Waals surface area contributed by atoms with E-state index in [1.807, 2.05) is 6.92 Å². The Balaban J connectivity index is 1.73. The predicted molar refractivity (Wildman–Crippen MR) is 75.2 cm³/mol. The maximum Gasteiger partial charge on any atom is 0.334 e. The maximum absolute atomic E-state index is 12.1. The molecule has 0 saturated carbocycles. The zero-order valence-electron chi connectivity index (χ0n) is 12.7. The Labute approximate surface area is 128 Å². The van der Waals surface area contributed by atoms with E-state index < -0.39 is 12.1 Å². The van der Waals surface area contributed by atoms with Crippen molar-refractivity contribution in [3.63, 3.8) is 0 Å². The minimum absolute atomic E-state index is 0.0668. The largest absolute Gasteiger partial charge is 0.479 e. The van der Waals surface area contributed by atoms with Gasteiger partial charge in [0.25, 0.3) is 0 Å². The highest BCUT2D eigenvalue weighted by Crippen LogP contribution is 2.10. The molecule has 2 rings (SSSR count). The predicted octanol–water partition coefficient (Wildman–Crippen LogP) is 0.657. The van der Waals surface area contributed by atoms with Crippen LogP contribution < -0.4 is 0 Å². The molecule has 0 aliphatic carbocycles. The van der Waals surface area contributed by atoms with Gasteiger partial charge in [-0.2, -0.15) is 4.98 Å². The summed E-state index contributed by atoms with van der Waals surface area (Å²) in [5.41, 5.74) is 0. The van der Waals surface area contributed by atoms with Crippen LogP contribution in [0, 0.1) is 0 Å². The molecule has 1 aliphatic heterocycles. The number of hydrogen-bond acceptors (Lipinski definition) is 6. The van der Waals surface area contributed by atoms with Gasteiger partial charge in [-0.1, -0.05) is 12.1 Å². The van der Waals surface area contributed by atoms with Crippen LogP contribution in [0.1, 0.15) is 37.9 Å². The number of amides is 1. The van der Waals surface area contributed by atoms with Crippen molar-refractivity contribution in [2.24, 2.45) is 0 Å². The molecule has 1 saturated heterocycles. The summed E-state index contributed by atoms with van der Waals surface area (Å²) in [6.45, 7) is 2.84. The lowest BCUT2D eigenvalue weighted by atomic mass is 10.2. The molecule has 122 valence electrons. The van der Waals surface area contributed by atoms with Gasteiger partial charge in [-0.05, 0) is 12.8 Å². The molecule has 0 spiro atoms. The molecule has 1 aromatic rings. The minimum atomic E-state index is -1.04. The van der Waals surface area contributed by atoms with Gasteiger partial charge in [0, 0.05) is 25.8 Å². The molecule has 0 bridgehead atoms. The fraction of sp³-hybridized carbons (Fsp3) is 0.714. The van der Waals surface area contributed by atoms with Crippen LogP contribution in [0.15, 0.2) is 4.52 Å². The van der Waals surface area contributed by atoms with E-state index in [1.54, 1.807) is 4.90 Å². The molecule has 1 aliphatic rings. The molecule has 8 heteroatoms.